The highest BCUT2D eigenvalue weighted by atomic mass is 16.6. The van der Waals surface area contributed by atoms with Crippen LogP contribution in [-0.2, 0) is 4.79 Å². The Bertz CT molecular complexity index is 533. The average Bonchev–Trinajstić information content (AvgIpc) is 3.07. The zero-order valence-corrected chi connectivity index (χ0v) is 11.8. The van der Waals surface area contributed by atoms with Crippen LogP contribution in [0.25, 0.3) is 0 Å². The standard InChI is InChI=1S/C12H19N5O3/c1-7(2)16-12(11(17(19)20)8(3)15-16)13-6-10(18)14-9-4-5-9/h7,9,13H,4-6H2,1-3H3,(H,14,18). The minimum Gasteiger partial charge on any atom is -0.355 e. The van der Waals surface area contributed by atoms with Gasteiger partial charge in [0, 0.05) is 12.1 Å². The van der Waals surface area contributed by atoms with Crippen LogP contribution in [0.15, 0.2) is 0 Å². The van der Waals surface area contributed by atoms with Gasteiger partial charge in [0.2, 0.25) is 11.7 Å². The first-order chi connectivity index (χ1) is 9.40. The number of carbonyl (C=O) groups excluding carboxylic acids is 1. The molecule has 1 heterocycles. The van der Waals surface area contributed by atoms with Crippen LogP contribution in [0.4, 0.5) is 11.5 Å². The maximum Gasteiger partial charge on any atom is 0.333 e. The maximum atomic E-state index is 11.7. The van der Waals surface area contributed by atoms with Crippen molar-refractivity contribution in [3.63, 3.8) is 0 Å². The fourth-order valence-corrected chi connectivity index (χ4v) is 1.97. The molecule has 0 saturated heterocycles. The van der Waals surface area contributed by atoms with Crippen LogP contribution in [-0.4, -0.2) is 33.2 Å². The molecule has 0 aromatic carbocycles. The molecule has 2 rings (SSSR count). The van der Waals surface area contributed by atoms with E-state index in [-0.39, 0.29) is 36.0 Å². The van der Waals surface area contributed by atoms with Crippen LogP contribution < -0.4 is 10.6 Å². The Labute approximate surface area is 116 Å². The highest BCUT2D eigenvalue weighted by molar-refractivity contribution is 5.81. The number of hydrogen-bond acceptors (Lipinski definition) is 5. The van der Waals surface area contributed by atoms with Gasteiger partial charge in [-0.25, -0.2) is 4.68 Å². The van der Waals surface area contributed by atoms with Gasteiger partial charge in [-0.2, -0.15) is 5.10 Å². The molecule has 2 N–H and O–H groups in total. The van der Waals surface area contributed by atoms with E-state index in [1.165, 1.54) is 4.68 Å². The van der Waals surface area contributed by atoms with E-state index in [2.05, 4.69) is 15.7 Å². The molecule has 0 spiro atoms. The van der Waals surface area contributed by atoms with E-state index in [0.29, 0.717) is 5.69 Å². The van der Waals surface area contributed by atoms with Gasteiger partial charge < -0.3 is 10.6 Å². The van der Waals surface area contributed by atoms with Crippen LogP contribution in [0.2, 0.25) is 0 Å². The molecule has 110 valence electrons. The maximum absolute atomic E-state index is 11.7. The van der Waals surface area contributed by atoms with Crippen LogP contribution in [0, 0.1) is 17.0 Å². The smallest absolute Gasteiger partial charge is 0.333 e. The molecule has 0 aliphatic heterocycles. The highest BCUT2D eigenvalue weighted by Crippen LogP contribution is 2.30. The molecule has 0 radical (unpaired) electrons. The summed E-state index contributed by atoms with van der Waals surface area (Å²) < 4.78 is 1.54. The van der Waals surface area contributed by atoms with Crippen molar-refractivity contribution in [2.24, 2.45) is 0 Å². The Balaban J connectivity index is 2.14. The number of nitrogens with one attached hydrogen (secondary N) is 2. The van der Waals surface area contributed by atoms with Crippen molar-refractivity contribution in [2.45, 2.75) is 45.7 Å². The molecule has 1 amide bonds. The Morgan fingerprint density at radius 3 is 2.70 bits per heavy atom. The number of hydrogen-bond donors (Lipinski definition) is 2. The molecule has 8 heteroatoms. The van der Waals surface area contributed by atoms with Gasteiger partial charge in [-0.1, -0.05) is 0 Å². The van der Waals surface area contributed by atoms with Crippen molar-refractivity contribution >= 4 is 17.4 Å². The van der Waals surface area contributed by atoms with E-state index in [0.717, 1.165) is 12.8 Å². The summed E-state index contributed by atoms with van der Waals surface area (Å²) in [7, 11) is 0. The zero-order chi connectivity index (χ0) is 14.9. The molecule has 1 aromatic rings. The predicted octanol–water partition coefficient (Wildman–Crippen LogP) is 1.37. The molecule has 1 aliphatic rings. The van der Waals surface area contributed by atoms with E-state index in [9.17, 15) is 14.9 Å². The zero-order valence-electron chi connectivity index (χ0n) is 11.8. The molecule has 8 nitrogen and oxygen atoms in total. The quantitative estimate of drug-likeness (QED) is 0.605. The third-order valence-electron chi connectivity index (χ3n) is 3.08. The number of aromatic nitrogens is 2. The van der Waals surface area contributed by atoms with Crippen LogP contribution in [0.3, 0.4) is 0 Å². The molecule has 0 unspecified atom stereocenters. The summed E-state index contributed by atoms with van der Waals surface area (Å²) >= 11 is 0. The minimum atomic E-state index is -0.470. The number of anilines is 1. The lowest BCUT2D eigenvalue weighted by molar-refractivity contribution is -0.384. The SMILES string of the molecule is Cc1nn(C(C)C)c(NCC(=O)NC2CC2)c1[N+](=O)[O-]. The Hall–Kier alpha value is -2.12. The summed E-state index contributed by atoms with van der Waals surface area (Å²) in [6.07, 6.45) is 2.02. The topological polar surface area (TPSA) is 102 Å². The van der Waals surface area contributed by atoms with Crippen LogP contribution in [0.1, 0.15) is 38.4 Å². The lowest BCUT2D eigenvalue weighted by Gasteiger charge is -2.11. The van der Waals surface area contributed by atoms with Crippen molar-refractivity contribution < 1.29 is 9.72 Å². The predicted molar refractivity (Wildman–Crippen MR) is 73.7 cm³/mol. The van der Waals surface area contributed by atoms with Gasteiger partial charge in [0.05, 0.1) is 11.5 Å². The Morgan fingerprint density at radius 1 is 1.55 bits per heavy atom. The summed E-state index contributed by atoms with van der Waals surface area (Å²) in [6, 6.07) is 0.243. The molecule has 1 aliphatic carbocycles. The van der Waals surface area contributed by atoms with E-state index < -0.39 is 4.92 Å². The molecule has 1 saturated carbocycles. The van der Waals surface area contributed by atoms with Crippen molar-refractivity contribution in [2.75, 3.05) is 11.9 Å². The molecular weight excluding hydrogens is 262 g/mol. The molecule has 1 fully saturated rings. The minimum absolute atomic E-state index is 0.00912. The molecule has 1 aromatic heterocycles. The van der Waals surface area contributed by atoms with Gasteiger partial charge in [0.15, 0.2) is 0 Å². The van der Waals surface area contributed by atoms with E-state index >= 15 is 0 Å². The number of nitro groups is 1. The highest BCUT2D eigenvalue weighted by Gasteiger charge is 2.27. The lowest BCUT2D eigenvalue weighted by atomic mass is 10.3. The second kappa shape index (κ2) is 5.48. The number of aryl methyl sites for hydroxylation is 1. The van der Waals surface area contributed by atoms with Crippen molar-refractivity contribution in [1.82, 2.24) is 15.1 Å². The molecule has 0 atom stereocenters. The van der Waals surface area contributed by atoms with Crippen molar-refractivity contribution in [3.8, 4) is 0 Å². The van der Waals surface area contributed by atoms with Crippen LogP contribution >= 0.6 is 0 Å². The number of rotatable bonds is 6. The first-order valence-electron chi connectivity index (χ1n) is 6.67. The van der Waals surface area contributed by atoms with Gasteiger partial charge in [0.1, 0.15) is 5.69 Å². The van der Waals surface area contributed by atoms with Gasteiger partial charge in [0.25, 0.3) is 0 Å². The van der Waals surface area contributed by atoms with E-state index in [1.807, 2.05) is 13.8 Å². The third kappa shape index (κ3) is 3.06. The molecule has 0 bridgehead atoms. The first kappa shape index (κ1) is 14.3. The normalized spacial score (nSPS) is 14.4. The number of carbonyl (C=O) groups is 1. The fraction of sp³-hybridized carbons (Fsp3) is 0.667. The van der Waals surface area contributed by atoms with Crippen molar-refractivity contribution in [3.05, 3.63) is 15.8 Å². The van der Waals surface area contributed by atoms with Crippen LogP contribution in [0.5, 0.6) is 0 Å². The molecular formula is C12H19N5O3. The monoisotopic (exact) mass is 281 g/mol. The van der Waals surface area contributed by atoms with E-state index in [1.54, 1.807) is 6.92 Å². The Kier molecular flexibility index (Phi) is 3.91. The number of amides is 1. The van der Waals surface area contributed by atoms with E-state index in [4.69, 9.17) is 0 Å². The summed E-state index contributed by atoms with van der Waals surface area (Å²) in [4.78, 5) is 22.3. The fourth-order valence-electron chi connectivity index (χ4n) is 1.97. The van der Waals surface area contributed by atoms with Gasteiger partial charge in [-0.15, -0.1) is 0 Å². The van der Waals surface area contributed by atoms with Gasteiger partial charge in [-0.05, 0) is 33.6 Å². The number of nitrogens with zero attached hydrogens (tertiary/aromatic N) is 3. The Morgan fingerprint density at radius 2 is 2.20 bits per heavy atom. The summed E-state index contributed by atoms with van der Waals surface area (Å²) in [5.41, 5.74) is 0.270. The van der Waals surface area contributed by atoms with Gasteiger partial charge >= 0.3 is 5.69 Å². The molecule has 20 heavy (non-hydrogen) atoms. The summed E-state index contributed by atoms with van der Waals surface area (Å²) in [6.45, 7) is 5.36. The summed E-state index contributed by atoms with van der Waals surface area (Å²) in [5, 5.41) is 21.0. The third-order valence-corrected chi connectivity index (χ3v) is 3.08. The lowest BCUT2D eigenvalue weighted by Crippen LogP contribution is -2.32. The largest absolute Gasteiger partial charge is 0.355 e. The average molecular weight is 281 g/mol. The first-order valence-corrected chi connectivity index (χ1v) is 6.67. The van der Waals surface area contributed by atoms with Gasteiger partial charge in [-0.3, -0.25) is 14.9 Å². The second-order valence-electron chi connectivity index (χ2n) is 5.27. The second-order valence-corrected chi connectivity index (χ2v) is 5.27. The summed E-state index contributed by atoms with van der Waals surface area (Å²) in [5.74, 6) is 0.129. The van der Waals surface area contributed by atoms with Crippen molar-refractivity contribution in [1.29, 1.82) is 0 Å².